The molecule has 0 aliphatic rings. The zero-order valence-electron chi connectivity index (χ0n) is 10.0. The van der Waals surface area contributed by atoms with E-state index < -0.39 is 10.9 Å². The quantitative estimate of drug-likeness (QED) is 0.498. The van der Waals surface area contributed by atoms with Gasteiger partial charge in [-0.1, -0.05) is 12.1 Å². The third kappa shape index (κ3) is 2.39. The smallest absolute Gasteiger partial charge is 0.341 e. The number of nitrogens with zero attached hydrogens (tertiary/aromatic N) is 1. The minimum Gasteiger partial charge on any atom is -0.465 e. The lowest BCUT2D eigenvalue weighted by Gasteiger charge is -1.97. The topological polar surface area (TPSA) is 111 Å². The number of hydrogen-bond acceptors (Lipinski definition) is 5. The number of aromatic amines is 1. The Hall–Kier alpha value is -2.83. The summed E-state index contributed by atoms with van der Waals surface area (Å²) in [5.74, 6) is -0.404. The van der Waals surface area contributed by atoms with Gasteiger partial charge in [-0.3, -0.25) is 10.1 Å². The summed E-state index contributed by atoms with van der Waals surface area (Å²) in [6, 6.07) is 7.52. The Balaban J connectivity index is 2.45. The summed E-state index contributed by atoms with van der Waals surface area (Å²) < 4.78 is 4.58. The zero-order chi connectivity index (χ0) is 14.0. The molecule has 0 unspecified atom stereocenters. The molecule has 0 saturated heterocycles. The van der Waals surface area contributed by atoms with Crippen LogP contribution in [0.25, 0.3) is 11.3 Å². The van der Waals surface area contributed by atoms with Crippen LogP contribution >= 0.6 is 0 Å². The maximum atomic E-state index is 11.4. The van der Waals surface area contributed by atoms with Crippen molar-refractivity contribution >= 4 is 17.5 Å². The number of ether oxygens (including phenoxy) is 1. The second-order valence-electron chi connectivity index (χ2n) is 3.81. The van der Waals surface area contributed by atoms with E-state index in [-0.39, 0.29) is 17.1 Å². The van der Waals surface area contributed by atoms with Crippen LogP contribution in [0.4, 0.5) is 11.5 Å². The number of nitrogens with one attached hydrogen (secondary N) is 1. The SMILES string of the molecule is COC(=O)c1cc(-c2cccc([N+](=O)[O-])c2)[nH]c1N. The summed E-state index contributed by atoms with van der Waals surface area (Å²) in [5, 5.41) is 10.7. The third-order valence-corrected chi connectivity index (χ3v) is 2.62. The molecule has 1 aromatic heterocycles. The second kappa shape index (κ2) is 4.81. The molecular weight excluding hydrogens is 250 g/mol. The van der Waals surface area contributed by atoms with Crippen LogP contribution in [-0.4, -0.2) is 23.0 Å². The number of nitro groups is 1. The molecule has 0 radical (unpaired) electrons. The fraction of sp³-hybridized carbons (Fsp3) is 0.0833. The van der Waals surface area contributed by atoms with Gasteiger partial charge in [-0.15, -0.1) is 0 Å². The molecule has 1 aromatic carbocycles. The van der Waals surface area contributed by atoms with Crippen molar-refractivity contribution in [2.75, 3.05) is 12.8 Å². The van der Waals surface area contributed by atoms with Crippen molar-refractivity contribution in [1.29, 1.82) is 0 Å². The molecule has 2 aromatic rings. The van der Waals surface area contributed by atoms with Crippen LogP contribution in [0.5, 0.6) is 0 Å². The fourth-order valence-electron chi connectivity index (χ4n) is 1.69. The van der Waals surface area contributed by atoms with Gasteiger partial charge in [-0.25, -0.2) is 4.79 Å². The third-order valence-electron chi connectivity index (χ3n) is 2.62. The van der Waals surface area contributed by atoms with E-state index in [0.717, 1.165) is 0 Å². The molecule has 0 amide bonds. The molecule has 0 aliphatic heterocycles. The van der Waals surface area contributed by atoms with E-state index >= 15 is 0 Å². The van der Waals surface area contributed by atoms with E-state index in [9.17, 15) is 14.9 Å². The van der Waals surface area contributed by atoms with E-state index in [1.165, 1.54) is 25.3 Å². The van der Waals surface area contributed by atoms with Gasteiger partial charge in [0.05, 0.1) is 12.0 Å². The van der Waals surface area contributed by atoms with Gasteiger partial charge in [0.1, 0.15) is 11.4 Å². The van der Waals surface area contributed by atoms with Crippen LogP contribution in [0.2, 0.25) is 0 Å². The van der Waals surface area contributed by atoms with Crippen molar-refractivity contribution < 1.29 is 14.5 Å². The second-order valence-corrected chi connectivity index (χ2v) is 3.81. The number of hydrogen-bond donors (Lipinski definition) is 2. The molecule has 0 saturated carbocycles. The first-order valence-corrected chi connectivity index (χ1v) is 5.34. The van der Waals surface area contributed by atoms with Crippen molar-refractivity contribution in [1.82, 2.24) is 4.98 Å². The number of H-pyrrole nitrogens is 1. The molecule has 98 valence electrons. The van der Waals surface area contributed by atoms with Crippen molar-refractivity contribution in [3.8, 4) is 11.3 Å². The molecular formula is C12H11N3O4. The van der Waals surface area contributed by atoms with Crippen molar-refractivity contribution in [3.63, 3.8) is 0 Å². The van der Waals surface area contributed by atoms with Gasteiger partial charge in [-0.05, 0) is 6.07 Å². The average Bonchev–Trinajstić information content (AvgIpc) is 2.80. The van der Waals surface area contributed by atoms with Crippen LogP contribution in [0.3, 0.4) is 0 Å². The maximum Gasteiger partial charge on any atom is 0.341 e. The monoisotopic (exact) mass is 261 g/mol. The summed E-state index contributed by atoms with van der Waals surface area (Å²) in [4.78, 5) is 24.4. The molecule has 7 nitrogen and oxygen atoms in total. The zero-order valence-corrected chi connectivity index (χ0v) is 10.0. The normalized spacial score (nSPS) is 10.2. The molecule has 0 atom stereocenters. The first kappa shape index (κ1) is 12.6. The molecule has 0 fully saturated rings. The molecule has 7 heteroatoms. The number of nitrogens with two attached hydrogens (primary N) is 1. The van der Waals surface area contributed by atoms with E-state index in [0.29, 0.717) is 11.3 Å². The number of nitrogen functional groups attached to an aromatic ring is 1. The van der Waals surface area contributed by atoms with Gasteiger partial charge in [0.25, 0.3) is 5.69 Å². The first-order chi connectivity index (χ1) is 9.02. The van der Waals surface area contributed by atoms with Crippen molar-refractivity contribution in [2.24, 2.45) is 0 Å². The minimum atomic E-state index is -0.564. The Morgan fingerprint density at radius 2 is 2.16 bits per heavy atom. The fourth-order valence-corrected chi connectivity index (χ4v) is 1.69. The number of aromatic nitrogens is 1. The van der Waals surface area contributed by atoms with Crippen LogP contribution in [0.1, 0.15) is 10.4 Å². The Kier molecular flexibility index (Phi) is 3.19. The summed E-state index contributed by atoms with van der Waals surface area (Å²) >= 11 is 0. The Labute approximate surface area is 108 Å². The lowest BCUT2D eigenvalue weighted by molar-refractivity contribution is -0.384. The summed E-state index contributed by atoms with van der Waals surface area (Å²) in [7, 11) is 1.25. The first-order valence-electron chi connectivity index (χ1n) is 5.34. The number of nitro benzene ring substituents is 1. The van der Waals surface area contributed by atoms with E-state index in [4.69, 9.17) is 5.73 Å². The summed E-state index contributed by atoms with van der Waals surface area (Å²) in [6.07, 6.45) is 0. The van der Waals surface area contributed by atoms with Crippen molar-refractivity contribution in [3.05, 3.63) is 46.0 Å². The number of methoxy groups -OCH3 is 1. The summed E-state index contributed by atoms with van der Waals surface area (Å²) in [6.45, 7) is 0. The molecule has 1 heterocycles. The highest BCUT2D eigenvalue weighted by molar-refractivity contribution is 5.96. The number of anilines is 1. The van der Waals surface area contributed by atoms with Gasteiger partial charge < -0.3 is 15.5 Å². The molecule has 19 heavy (non-hydrogen) atoms. The van der Waals surface area contributed by atoms with Gasteiger partial charge in [-0.2, -0.15) is 0 Å². The minimum absolute atomic E-state index is 0.0368. The van der Waals surface area contributed by atoms with Gasteiger partial charge in [0.2, 0.25) is 0 Å². The van der Waals surface area contributed by atoms with Crippen molar-refractivity contribution in [2.45, 2.75) is 0 Å². The molecule has 3 N–H and O–H groups in total. The molecule has 0 aliphatic carbocycles. The number of benzene rings is 1. The van der Waals surface area contributed by atoms with Gasteiger partial charge in [0.15, 0.2) is 0 Å². The number of rotatable bonds is 3. The standard InChI is InChI=1S/C12H11N3O4/c1-19-12(16)9-6-10(14-11(9)13)7-3-2-4-8(5-7)15(17)18/h2-6,14H,13H2,1H3. The number of carbonyl (C=O) groups excluding carboxylic acids is 1. The van der Waals surface area contributed by atoms with Crippen LogP contribution in [0.15, 0.2) is 30.3 Å². The Morgan fingerprint density at radius 1 is 1.42 bits per heavy atom. The number of non-ortho nitro benzene ring substituents is 1. The lowest BCUT2D eigenvalue weighted by Crippen LogP contribution is -2.02. The molecule has 0 spiro atoms. The average molecular weight is 261 g/mol. The predicted octanol–water partition coefficient (Wildman–Crippen LogP) is 1.96. The van der Waals surface area contributed by atoms with E-state index in [1.807, 2.05) is 0 Å². The molecule has 2 rings (SSSR count). The maximum absolute atomic E-state index is 11.4. The number of esters is 1. The Morgan fingerprint density at radius 3 is 2.79 bits per heavy atom. The largest absolute Gasteiger partial charge is 0.465 e. The van der Waals surface area contributed by atoms with Gasteiger partial charge >= 0.3 is 5.97 Å². The predicted molar refractivity (Wildman–Crippen MR) is 68.6 cm³/mol. The molecule has 0 bridgehead atoms. The number of carbonyl (C=O) groups is 1. The van der Waals surface area contributed by atoms with Crippen LogP contribution in [-0.2, 0) is 4.74 Å². The van der Waals surface area contributed by atoms with Crippen LogP contribution in [0, 0.1) is 10.1 Å². The summed E-state index contributed by atoms with van der Waals surface area (Å²) in [5.41, 5.74) is 6.91. The van der Waals surface area contributed by atoms with Gasteiger partial charge in [0, 0.05) is 23.4 Å². The highest BCUT2D eigenvalue weighted by Gasteiger charge is 2.16. The van der Waals surface area contributed by atoms with Crippen LogP contribution < -0.4 is 5.73 Å². The van der Waals surface area contributed by atoms with E-state index in [1.54, 1.807) is 12.1 Å². The Bertz CT molecular complexity index is 648. The highest BCUT2D eigenvalue weighted by Crippen LogP contribution is 2.26. The highest BCUT2D eigenvalue weighted by atomic mass is 16.6. The van der Waals surface area contributed by atoms with E-state index in [2.05, 4.69) is 9.72 Å². The lowest BCUT2D eigenvalue weighted by atomic mass is 10.1.